The van der Waals surface area contributed by atoms with Crippen LogP contribution in [0.5, 0.6) is 5.75 Å². The summed E-state index contributed by atoms with van der Waals surface area (Å²) in [5.41, 5.74) is 6.26. The van der Waals surface area contributed by atoms with Crippen LogP contribution in [0.25, 0.3) is 11.0 Å². The lowest BCUT2D eigenvalue weighted by Crippen LogP contribution is -2.26. The number of hydrogen-bond donors (Lipinski definition) is 1. The molecule has 1 amide bonds. The Morgan fingerprint density at radius 1 is 1.03 bits per heavy atom. The predicted molar refractivity (Wildman–Crippen MR) is 138 cm³/mol. The van der Waals surface area contributed by atoms with Crippen molar-refractivity contribution in [3.63, 3.8) is 0 Å². The quantitative estimate of drug-likeness (QED) is 0.417. The highest BCUT2D eigenvalue weighted by atomic mass is 16.5. The first-order chi connectivity index (χ1) is 16.9. The van der Waals surface area contributed by atoms with Crippen molar-refractivity contribution in [1.82, 2.24) is 9.55 Å². The number of carbonyl (C=O) groups is 1. The number of imidazole rings is 1. The maximum atomic E-state index is 12.9. The van der Waals surface area contributed by atoms with Crippen LogP contribution in [0.3, 0.4) is 0 Å². The third kappa shape index (κ3) is 4.80. The zero-order chi connectivity index (χ0) is 24.5. The van der Waals surface area contributed by atoms with Gasteiger partial charge < -0.3 is 19.3 Å². The van der Waals surface area contributed by atoms with E-state index in [1.54, 1.807) is 0 Å². The maximum absolute atomic E-state index is 12.9. The minimum Gasteiger partial charge on any atom is -0.491 e. The summed E-state index contributed by atoms with van der Waals surface area (Å²) in [4.78, 5) is 19.7. The van der Waals surface area contributed by atoms with E-state index in [4.69, 9.17) is 9.72 Å². The SMILES string of the molecule is Cc1ccc(N2C[C@H](c3nc4ccccc4n3C[C@H](O)COc3ccc(C)c(C)c3)CC2=O)cc1. The van der Waals surface area contributed by atoms with Crippen molar-refractivity contribution in [2.24, 2.45) is 0 Å². The van der Waals surface area contributed by atoms with E-state index in [0.29, 0.717) is 19.5 Å². The molecule has 1 saturated heterocycles. The van der Waals surface area contributed by atoms with Gasteiger partial charge in [-0.1, -0.05) is 35.9 Å². The number of benzene rings is 3. The van der Waals surface area contributed by atoms with Crippen molar-refractivity contribution in [2.45, 2.75) is 45.8 Å². The summed E-state index contributed by atoms with van der Waals surface area (Å²) in [7, 11) is 0. The van der Waals surface area contributed by atoms with Gasteiger partial charge in [-0.05, 0) is 68.3 Å². The molecule has 0 bridgehead atoms. The monoisotopic (exact) mass is 469 g/mol. The number of ether oxygens (including phenoxy) is 1. The van der Waals surface area contributed by atoms with Crippen LogP contribution in [0.1, 0.15) is 34.9 Å². The van der Waals surface area contributed by atoms with Gasteiger partial charge in [-0.25, -0.2) is 4.98 Å². The second kappa shape index (κ2) is 9.55. The van der Waals surface area contributed by atoms with Crippen LogP contribution in [-0.4, -0.2) is 39.8 Å². The first-order valence-electron chi connectivity index (χ1n) is 12.1. The van der Waals surface area contributed by atoms with Crippen LogP contribution in [0, 0.1) is 20.8 Å². The molecule has 0 unspecified atom stereocenters. The lowest BCUT2D eigenvalue weighted by atomic mass is 10.1. The first kappa shape index (κ1) is 23.1. The van der Waals surface area contributed by atoms with Crippen LogP contribution in [0.4, 0.5) is 5.69 Å². The molecule has 1 aromatic heterocycles. The second-order valence-electron chi connectivity index (χ2n) is 9.52. The minimum atomic E-state index is -0.724. The van der Waals surface area contributed by atoms with Gasteiger partial charge >= 0.3 is 0 Å². The number of aromatic nitrogens is 2. The predicted octanol–water partition coefficient (Wildman–Crippen LogP) is 4.92. The number of nitrogens with zero attached hydrogens (tertiary/aromatic N) is 3. The molecule has 35 heavy (non-hydrogen) atoms. The summed E-state index contributed by atoms with van der Waals surface area (Å²) in [5, 5.41) is 10.9. The van der Waals surface area contributed by atoms with Gasteiger partial charge in [-0.15, -0.1) is 0 Å². The summed E-state index contributed by atoms with van der Waals surface area (Å²) in [5.74, 6) is 1.62. The van der Waals surface area contributed by atoms with Crippen molar-refractivity contribution < 1.29 is 14.6 Å². The van der Waals surface area contributed by atoms with E-state index in [1.807, 2.05) is 85.5 Å². The molecule has 1 aliphatic rings. The van der Waals surface area contributed by atoms with Gasteiger partial charge in [0.1, 0.15) is 24.3 Å². The second-order valence-corrected chi connectivity index (χ2v) is 9.52. The fourth-order valence-electron chi connectivity index (χ4n) is 4.71. The number of anilines is 1. The molecule has 2 atom stereocenters. The third-order valence-corrected chi connectivity index (χ3v) is 6.83. The molecule has 3 aromatic carbocycles. The standard InChI is InChI=1S/C29H31N3O3/c1-19-8-11-23(12-9-19)31-16-22(15-28(31)34)29-30-26-6-4-5-7-27(26)32(29)17-24(33)18-35-25-13-10-20(2)21(3)14-25/h4-14,22,24,33H,15-18H2,1-3H3/t22-,24+/m1/s1. The van der Waals surface area contributed by atoms with E-state index in [0.717, 1.165) is 39.4 Å². The van der Waals surface area contributed by atoms with Gasteiger partial charge in [0, 0.05) is 24.6 Å². The van der Waals surface area contributed by atoms with Gasteiger partial charge in [0.15, 0.2) is 0 Å². The highest BCUT2D eigenvalue weighted by Gasteiger charge is 2.35. The minimum absolute atomic E-state index is 0.0518. The average Bonchev–Trinajstić information content (AvgIpc) is 3.41. The molecule has 1 fully saturated rings. The number of aryl methyl sites for hydroxylation is 3. The smallest absolute Gasteiger partial charge is 0.227 e. The molecule has 6 nitrogen and oxygen atoms in total. The van der Waals surface area contributed by atoms with Gasteiger partial charge in [-0.2, -0.15) is 0 Å². The van der Waals surface area contributed by atoms with Crippen molar-refractivity contribution in [3.8, 4) is 5.75 Å². The number of aliphatic hydroxyl groups is 1. The summed E-state index contributed by atoms with van der Waals surface area (Å²) in [6, 6.07) is 21.9. The molecule has 5 rings (SSSR count). The normalized spacial score (nSPS) is 16.7. The Bertz CT molecular complexity index is 1360. The van der Waals surface area contributed by atoms with Crippen LogP contribution < -0.4 is 9.64 Å². The Labute approximate surface area is 205 Å². The van der Waals surface area contributed by atoms with Gasteiger partial charge in [0.25, 0.3) is 0 Å². The van der Waals surface area contributed by atoms with Crippen molar-refractivity contribution >= 4 is 22.6 Å². The Balaban J connectivity index is 1.37. The van der Waals surface area contributed by atoms with Crippen molar-refractivity contribution in [3.05, 3.63) is 89.2 Å². The molecule has 2 heterocycles. The fraction of sp³-hybridized carbons (Fsp3) is 0.310. The highest BCUT2D eigenvalue weighted by Crippen LogP contribution is 2.33. The van der Waals surface area contributed by atoms with Gasteiger partial charge in [0.2, 0.25) is 5.91 Å². The van der Waals surface area contributed by atoms with E-state index in [2.05, 4.69) is 11.5 Å². The Morgan fingerprint density at radius 2 is 1.80 bits per heavy atom. The summed E-state index contributed by atoms with van der Waals surface area (Å²) < 4.78 is 7.94. The molecule has 6 heteroatoms. The number of rotatable bonds is 7. The number of amides is 1. The number of carbonyl (C=O) groups excluding carboxylic acids is 1. The van der Waals surface area contributed by atoms with Gasteiger partial charge in [0.05, 0.1) is 17.6 Å². The highest BCUT2D eigenvalue weighted by molar-refractivity contribution is 5.96. The van der Waals surface area contributed by atoms with Crippen LogP contribution in [-0.2, 0) is 11.3 Å². The lowest BCUT2D eigenvalue weighted by molar-refractivity contribution is -0.117. The van der Waals surface area contributed by atoms with Crippen molar-refractivity contribution in [1.29, 1.82) is 0 Å². The van der Waals surface area contributed by atoms with Gasteiger partial charge in [-0.3, -0.25) is 4.79 Å². The van der Waals surface area contributed by atoms with E-state index in [9.17, 15) is 9.90 Å². The molecule has 1 aliphatic heterocycles. The summed E-state index contributed by atoms with van der Waals surface area (Å²) in [6.07, 6.45) is -0.329. The number of fused-ring (bicyclic) bond motifs is 1. The van der Waals surface area contributed by atoms with E-state index < -0.39 is 6.10 Å². The average molecular weight is 470 g/mol. The number of aliphatic hydroxyl groups excluding tert-OH is 1. The molecule has 0 radical (unpaired) electrons. The van der Waals surface area contributed by atoms with Crippen LogP contribution in [0.15, 0.2) is 66.7 Å². The molecule has 0 saturated carbocycles. The fourth-order valence-corrected chi connectivity index (χ4v) is 4.71. The molecule has 0 spiro atoms. The molecule has 0 aliphatic carbocycles. The molecule has 180 valence electrons. The first-order valence-corrected chi connectivity index (χ1v) is 12.1. The summed E-state index contributed by atoms with van der Waals surface area (Å²) >= 11 is 0. The topological polar surface area (TPSA) is 67.6 Å². The molecular formula is C29H31N3O3. The lowest BCUT2D eigenvalue weighted by Gasteiger charge is -2.19. The Morgan fingerprint density at radius 3 is 2.57 bits per heavy atom. The molecular weight excluding hydrogens is 438 g/mol. The maximum Gasteiger partial charge on any atom is 0.227 e. The van der Waals surface area contributed by atoms with Crippen LogP contribution >= 0.6 is 0 Å². The van der Waals surface area contributed by atoms with E-state index in [-0.39, 0.29) is 18.4 Å². The van der Waals surface area contributed by atoms with E-state index >= 15 is 0 Å². The largest absolute Gasteiger partial charge is 0.491 e. The number of para-hydroxylation sites is 2. The zero-order valence-corrected chi connectivity index (χ0v) is 20.4. The van der Waals surface area contributed by atoms with E-state index in [1.165, 1.54) is 5.56 Å². The number of hydrogen-bond acceptors (Lipinski definition) is 4. The van der Waals surface area contributed by atoms with Crippen LogP contribution in [0.2, 0.25) is 0 Å². The summed E-state index contributed by atoms with van der Waals surface area (Å²) in [6.45, 7) is 7.23. The molecule has 4 aromatic rings. The Hall–Kier alpha value is -3.64. The third-order valence-electron chi connectivity index (χ3n) is 6.83. The Kier molecular flexibility index (Phi) is 6.31. The zero-order valence-electron chi connectivity index (χ0n) is 20.4. The van der Waals surface area contributed by atoms with Crippen molar-refractivity contribution in [2.75, 3.05) is 18.1 Å². The molecule has 1 N–H and O–H groups in total.